The molecule has 2 N–H and O–H groups in total. The Kier molecular flexibility index (Phi) is 2.40. The minimum Gasteiger partial charge on any atom is -0.384 e. The van der Waals surface area contributed by atoms with E-state index in [-0.39, 0.29) is 0 Å². The summed E-state index contributed by atoms with van der Waals surface area (Å²) in [4.78, 5) is 8.30. The number of aromatic nitrogens is 2. The van der Waals surface area contributed by atoms with Crippen LogP contribution in [0, 0.1) is 5.92 Å². The van der Waals surface area contributed by atoms with Crippen molar-refractivity contribution in [2.24, 2.45) is 5.92 Å². The number of rotatable bonds is 2. The fourth-order valence-corrected chi connectivity index (χ4v) is 1.52. The Labute approximate surface area is 77.1 Å². The van der Waals surface area contributed by atoms with Gasteiger partial charge in [-0.3, -0.25) is 0 Å². The van der Waals surface area contributed by atoms with Crippen LogP contribution in [0.2, 0.25) is 0 Å². The Bertz CT molecular complexity index is 284. The molecule has 1 saturated heterocycles. The molecular weight excluding hydrogens is 166 g/mol. The lowest BCUT2D eigenvalue weighted by molar-refractivity contribution is 0.185. The zero-order chi connectivity index (χ0) is 9.10. The molecule has 1 aliphatic rings. The Morgan fingerprint density at radius 3 is 3.23 bits per heavy atom. The molecule has 0 aliphatic carbocycles. The fourth-order valence-electron chi connectivity index (χ4n) is 1.52. The highest BCUT2D eigenvalue weighted by Gasteiger charge is 2.17. The largest absolute Gasteiger partial charge is 0.384 e. The highest BCUT2D eigenvalue weighted by Crippen LogP contribution is 2.16. The Morgan fingerprint density at radius 1 is 1.62 bits per heavy atom. The molecular formula is C9H13N3O. The number of hydrogen-bond donors (Lipinski definition) is 1. The highest BCUT2D eigenvalue weighted by molar-refractivity contribution is 5.25. The maximum absolute atomic E-state index is 5.55. The van der Waals surface area contributed by atoms with Gasteiger partial charge in [0, 0.05) is 25.8 Å². The van der Waals surface area contributed by atoms with Gasteiger partial charge < -0.3 is 10.5 Å². The van der Waals surface area contributed by atoms with Gasteiger partial charge in [0.05, 0.1) is 0 Å². The molecule has 0 spiro atoms. The number of anilines is 1. The van der Waals surface area contributed by atoms with Gasteiger partial charge in [0.25, 0.3) is 0 Å². The standard InChI is InChI=1S/C9H13N3O/c10-8-1-3-11-9(12-8)5-7-2-4-13-6-7/h1,3,7H,2,4-6H2,(H2,10,11,12). The van der Waals surface area contributed by atoms with E-state index in [1.807, 2.05) is 0 Å². The Morgan fingerprint density at radius 2 is 2.54 bits per heavy atom. The van der Waals surface area contributed by atoms with Gasteiger partial charge in [0.2, 0.25) is 0 Å². The summed E-state index contributed by atoms with van der Waals surface area (Å²) in [5, 5.41) is 0. The third-order valence-electron chi connectivity index (χ3n) is 2.22. The molecule has 1 fully saturated rings. The molecule has 0 saturated carbocycles. The normalized spacial score (nSPS) is 22.0. The van der Waals surface area contributed by atoms with Crippen LogP contribution >= 0.6 is 0 Å². The molecule has 1 aliphatic heterocycles. The fraction of sp³-hybridized carbons (Fsp3) is 0.556. The number of nitrogens with two attached hydrogens (primary N) is 1. The average molecular weight is 179 g/mol. The first-order valence-electron chi connectivity index (χ1n) is 4.50. The van der Waals surface area contributed by atoms with E-state index in [9.17, 15) is 0 Å². The second-order valence-corrected chi connectivity index (χ2v) is 3.33. The molecule has 0 amide bonds. The molecule has 4 heteroatoms. The van der Waals surface area contributed by atoms with E-state index in [1.54, 1.807) is 12.3 Å². The molecule has 0 radical (unpaired) electrons. The number of nitrogen functional groups attached to an aromatic ring is 1. The van der Waals surface area contributed by atoms with Crippen LogP contribution in [0.15, 0.2) is 12.3 Å². The second-order valence-electron chi connectivity index (χ2n) is 3.33. The van der Waals surface area contributed by atoms with E-state index in [2.05, 4.69) is 9.97 Å². The summed E-state index contributed by atoms with van der Waals surface area (Å²) < 4.78 is 5.27. The van der Waals surface area contributed by atoms with Gasteiger partial charge in [-0.25, -0.2) is 9.97 Å². The third kappa shape index (κ3) is 2.15. The lowest BCUT2D eigenvalue weighted by atomic mass is 10.1. The van der Waals surface area contributed by atoms with Crippen LogP contribution in [0.5, 0.6) is 0 Å². The quantitative estimate of drug-likeness (QED) is 0.723. The Balaban J connectivity index is 2.00. The van der Waals surface area contributed by atoms with Crippen LogP contribution in [0.1, 0.15) is 12.2 Å². The third-order valence-corrected chi connectivity index (χ3v) is 2.22. The van der Waals surface area contributed by atoms with Crippen LogP contribution in [-0.2, 0) is 11.2 Å². The Hall–Kier alpha value is -1.16. The van der Waals surface area contributed by atoms with E-state index in [0.29, 0.717) is 11.7 Å². The first-order valence-corrected chi connectivity index (χ1v) is 4.50. The van der Waals surface area contributed by atoms with Crippen molar-refractivity contribution in [1.82, 2.24) is 9.97 Å². The molecule has 1 unspecified atom stereocenters. The van der Waals surface area contributed by atoms with Crippen LogP contribution in [0.4, 0.5) is 5.82 Å². The first-order chi connectivity index (χ1) is 6.34. The summed E-state index contributed by atoms with van der Waals surface area (Å²) >= 11 is 0. The van der Waals surface area contributed by atoms with Crippen molar-refractivity contribution in [2.45, 2.75) is 12.8 Å². The summed E-state index contributed by atoms with van der Waals surface area (Å²) in [5.74, 6) is 1.95. The summed E-state index contributed by atoms with van der Waals surface area (Å²) in [7, 11) is 0. The van der Waals surface area contributed by atoms with Crippen LogP contribution in [0.3, 0.4) is 0 Å². The summed E-state index contributed by atoms with van der Waals surface area (Å²) in [6.45, 7) is 1.70. The molecule has 1 atom stereocenters. The van der Waals surface area contributed by atoms with Crippen LogP contribution in [-0.4, -0.2) is 23.2 Å². The maximum Gasteiger partial charge on any atom is 0.131 e. The first kappa shape index (κ1) is 8.44. The maximum atomic E-state index is 5.55. The average Bonchev–Trinajstić information content (AvgIpc) is 2.57. The van der Waals surface area contributed by atoms with E-state index < -0.39 is 0 Å². The highest BCUT2D eigenvalue weighted by atomic mass is 16.5. The molecule has 0 aromatic carbocycles. The molecule has 1 aromatic rings. The topological polar surface area (TPSA) is 61.0 Å². The molecule has 2 heterocycles. The minimum absolute atomic E-state index is 0.545. The van der Waals surface area contributed by atoms with Crippen LogP contribution < -0.4 is 5.73 Å². The molecule has 70 valence electrons. The van der Waals surface area contributed by atoms with E-state index in [4.69, 9.17) is 10.5 Å². The zero-order valence-corrected chi connectivity index (χ0v) is 7.44. The van der Waals surface area contributed by atoms with Gasteiger partial charge in [-0.15, -0.1) is 0 Å². The number of nitrogens with zero attached hydrogens (tertiary/aromatic N) is 2. The minimum atomic E-state index is 0.545. The smallest absolute Gasteiger partial charge is 0.131 e. The number of ether oxygens (including phenoxy) is 1. The predicted octanol–water partition coefficient (Wildman–Crippen LogP) is 0.638. The van der Waals surface area contributed by atoms with Gasteiger partial charge in [0.15, 0.2) is 0 Å². The summed E-state index contributed by atoms with van der Waals surface area (Å²) in [6.07, 6.45) is 3.69. The molecule has 1 aromatic heterocycles. The van der Waals surface area contributed by atoms with E-state index >= 15 is 0 Å². The predicted molar refractivity (Wildman–Crippen MR) is 49.1 cm³/mol. The lowest BCUT2D eigenvalue weighted by Crippen LogP contribution is -2.07. The van der Waals surface area contributed by atoms with Crippen molar-refractivity contribution in [3.05, 3.63) is 18.1 Å². The SMILES string of the molecule is Nc1ccnc(CC2CCOC2)n1. The van der Waals surface area contributed by atoms with Crippen molar-refractivity contribution < 1.29 is 4.74 Å². The van der Waals surface area contributed by atoms with Gasteiger partial charge >= 0.3 is 0 Å². The van der Waals surface area contributed by atoms with Crippen molar-refractivity contribution in [3.8, 4) is 0 Å². The zero-order valence-electron chi connectivity index (χ0n) is 7.44. The van der Waals surface area contributed by atoms with Crippen molar-refractivity contribution in [1.29, 1.82) is 0 Å². The van der Waals surface area contributed by atoms with Gasteiger partial charge in [-0.1, -0.05) is 0 Å². The monoisotopic (exact) mass is 179 g/mol. The van der Waals surface area contributed by atoms with Crippen LogP contribution in [0.25, 0.3) is 0 Å². The summed E-state index contributed by atoms with van der Waals surface area (Å²) in [5.41, 5.74) is 5.55. The number of hydrogen-bond acceptors (Lipinski definition) is 4. The molecule has 13 heavy (non-hydrogen) atoms. The summed E-state index contributed by atoms with van der Waals surface area (Å²) in [6, 6.07) is 1.70. The molecule has 0 bridgehead atoms. The molecule has 2 rings (SSSR count). The van der Waals surface area contributed by atoms with E-state index in [1.165, 1.54) is 0 Å². The van der Waals surface area contributed by atoms with Gasteiger partial charge in [0.1, 0.15) is 11.6 Å². The van der Waals surface area contributed by atoms with E-state index in [0.717, 1.165) is 31.9 Å². The van der Waals surface area contributed by atoms with Crippen molar-refractivity contribution in [2.75, 3.05) is 18.9 Å². The lowest BCUT2D eigenvalue weighted by Gasteiger charge is -2.05. The van der Waals surface area contributed by atoms with Gasteiger partial charge in [-0.05, 0) is 18.4 Å². The second kappa shape index (κ2) is 3.70. The van der Waals surface area contributed by atoms with Crippen molar-refractivity contribution >= 4 is 5.82 Å². The molecule has 4 nitrogen and oxygen atoms in total. The van der Waals surface area contributed by atoms with Crippen molar-refractivity contribution in [3.63, 3.8) is 0 Å². The van der Waals surface area contributed by atoms with Gasteiger partial charge in [-0.2, -0.15) is 0 Å².